The summed E-state index contributed by atoms with van der Waals surface area (Å²) in [6.07, 6.45) is 0. The number of hydrogen-bond donors (Lipinski definition) is 0. The Bertz CT molecular complexity index is 916. The minimum absolute atomic E-state index is 0.101. The second-order valence-corrected chi connectivity index (χ2v) is 7.57. The zero-order valence-corrected chi connectivity index (χ0v) is 15.1. The molecule has 0 spiro atoms. The lowest BCUT2D eigenvalue weighted by atomic mass is 10.3. The molecule has 0 aliphatic heterocycles. The number of halogens is 2. The first-order valence-electron chi connectivity index (χ1n) is 6.89. The van der Waals surface area contributed by atoms with Crippen molar-refractivity contribution in [2.45, 2.75) is 17.9 Å². The Hall–Kier alpha value is -2.16. The highest BCUT2D eigenvalue weighted by molar-refractivity contribution is 7.93. The number of sulfonamides is 1. The number of nitro benzene ring substituents is 1. The highest BCUT2D eigenvalue weighted by Crippen LogP contribution is 2.32. The quantitative estimate of drug-likeness (QED) is 0.417. The lowest BCUT2D eigenvalue weighted by Crippen LogP contribution is -2.42. The fraction of sp³-hybridized carbons (Fsp3) is 0.133. The van der Waals surface area contributed by atoms with Crippen LogP contribution in [0.5, 0.6) is 0 Å². The van der Waals surface area contributed by atoms with Crippen LogP contribution in [-0.4, -0.2) is 24.6 Å². The van der Waals surface area contributed by atoms with Gasteiger partial charge in [-0.2, -0.15) is 0 Å². The Morgan fingerprint density at radius 2 is 1.72 bits per heavy atom. The molecule has 2 rings (SSSR count). The largest absolute Gasteiger partial charge is 0.289 e. The zero-order chi connectivity index (χ0) is 18.8. The molecule has 2 aromatic carbocycles. The van der Waals surface area contributed by atoms with Gasteiger partial charge in [-0.05, 0) is 48.9 Å². The first-order chi connectivity index (χ1) is 11.7. The number of carbonyl (C=O) groups excluding carboxylic acids is 1. The van der Waals surface area contributed by atoms with Gasteiger partial charge in [0.15, 0.2) is 4.90 Å². The van der Waals surface area contributed by atoms with E-state index < -0.39 is 36.8 Å². The molecule has 0 fully saturated rings. The maximum Gasteiger partial charge on any atom is 0.289 e. The third-order valence-corrected chi connectivity index (χ3v) is 5.87. The summed E-state index contributed by atoms with van der Waals surface area (Å²) in [7, 11) is -4.44. The number of anilines is 1. The molecule has 0 aromatic heterocycles. The number of hydrogen-bond acceptors (Lipinski definition) is 5. The first kappa shape index (κ1) is 19.2. The van der Waals surface area contributed by atoms with Crippen LogP contribution < -0.4 is 4.31 Å². The summed E-state index contributed by atoms with van der Waals surface area (Å²) < 4.78 is 26.9. The van der Waals surface area contributed by atoms with Gasteiger partial charge in [-0.25, -0.2) is 8.42 Å². The molecule has 0 radical (unpaired) electrons. The number of para-hydroxylation sites is 1. The van der Waals surface area contributed by atoms with E-state index in [0.717, 1.165) is 16.4 Å². The molecule has 0 amide bonds. The van der Waals surface area contributed by atoms with Crippen LogP contribution in [0.4, 0.5) is 11.4 Å². The lowest BCUT2D eigenvalue weighted by molar-refractivity contribution is -0.387. The molecule has 1 unspecified atom stereocenters. The normalized spacial score (nSPS) is 12.4. The van der Waals surface area contributed by atoms with Crippen LogP contribution >= 0.6 is 23.2 Å². The van der Waals surface area contributed by atoms with Crippen LogP contribution in [-0.2, 0) is 14.8 Å². The number of benzene rings is 2. The topological polar surface area (TPSA) is 97.6 Å². The number of rotatable bonds is 6. The molecular formula is C15H12Cl2N2O5S. The maximum atomic E-state index is 13.1. The van der Waals surface area contributed by atoms with Gasteiger partial charge in [-0.15, -0.1) is 0 Å². The minimum Gasteiger partial charge on any atom is -0.279 e. The van der Waals surface area contributed by atoms with Gasteiger partial charge in [0.25, 0.3) is 15.7 Å². The van der Waals surface area contributed by atoms with Crippen molar-refractivity contribution in [3.05, 3.63) is 63.7 Å². The van der Waals surface area contributed by atoms with Crippen molar-refractivity contribution in [2.24, 2.45) is 0 Å². The molecule has 0 aliphatic carbocycles. The van der Waals surface area contributed by atoms with Gasteiger partial charge in [0.2, 0.25) is 5.24 Å². The lowest BCUT2D eigenvalue weighted by Gasteiger charge is -2.28. The predicted octanol–water partition coefficient (Wildman–Crippen LogP) is 3.60. The summed E-state index contributed by atoms with van der Waals surface area (Å²) in [4.78, 5) is 21.5. The summed E-state index contributed by atoms with van der Waals surface area (Å²) >= 11 is 11.3. The van der Waals surface area contributed by atoms with Crippen LogP contribution in [0.1, 0.15) is 6.92 Å². The molecule has 7 nitrogen and oxygen atoms in total. The standard InChI is InChI=1S/C15H12Cl2N2O5S/c1-10(15(17)20)18(12-8-6-11(16)7-9-12)25(23,24)14-5-3-2-4-13(14)19(21)22/h2-10H,1H3. The number of nitro groups is 1. The van der Waals surface area contributed by atoms with Gasteiger partial charge in [-0.3, -0.25) is 19.2 Å². The fourth-order valence-electron chi connectivity index (χ4n) is 2.18. The summed E-state index contributed by atoms with van der Waals surface area (Å²) in [5, 5.41) is 10.6. The van der Waals surface area contributed by atoms with Gasteiger partial charge >= 0.3 is 0 Å². The third kappa shape index (κ3) is 3.92. The van der Waals surface area contributed by atoms with Crippen molar-refractivity contribution < 1.29 is 18.1 Å². The molecule has 0 N–H and O–H groups in total. The summed E-state index contributed by atoms with van der Waals surface area (Å²) in [6.45, 7) is 1.29. The molecule has 0 aliphatic rings. The molecule has 25 heavy (non-hydrogen) atoms. The Kier molecular flexibility index (Phi) is 5.66. The minimum atomic E-state index is -4.44. The van der Waals surface area contributed by atoms with E-state index in [-0.39, 0.29) is 5.69 Å². The Labute approximate surface area is 154 Å². The van der Waals surface area contributed by atoms with E-state index in [4.69, 9.17) is 23.2 Å². The van der Waals surface area contributed by atoms with E-state index in [1.807, 2.05) is 0 Å². The number of carbonyl (C=O) groups is 1. The molecular weight excluding hydrogens is 391 g/mol. The molecule has 0 saturated carbocycles. The highest BCUT2D eigenvalue weighted by atomic mass is 35.5. The molecule has 0 bridgehead atoms. The second kappa shape index (κ2) is 7.38. The van der Waals surface area contributed by atoms with Crippen LogP contribution in [0.15, 0.2) is 53.4 Å². The summed E-state index contributed by atoms with van der Waals surface area (Å²) in [5.41, 5.74) is -0.500. The Morgan fingerprint density at radius 3 is 2.24 bits per heavy atom. The molecule has 0 heterocycles. The van der Waals surface area contributed by atoms with Gasteiger partial charge < -0.3 is 0 Å². The van der Waals surface area contributed by atoms with Gasteiger partial charge in [0, 0.05) is 11.1 Å². The van der Waals surface area contributed by atoms with Crippen molar-refractivity contribution in [1.29, 1.82) is 0 Å². The van der Waals surface area contributed by atoms with Crippen LogP contribution in [0.2, 0.25) is 5.02 Å². The molecule has 0 saturated heterocycles. The summed E-state index contributed by atoms with van der Waals surface area (Å²) in [5.74, 6) is 0. The Morgan fingerprint density at radius 1 is 1.16 bits per heavy atom. The van der Waals surface area contributed by atoms with Crippen molar-refractivity contribution in [2.75, 3.05) is 4.31 Å². The average Bonchev–Trinajstić information content (AvgIpc) is 2.56. The molecule has 2 aromatic rings. The number of nitrogens with zero attached hydrogens (tertiary/aromatic N) is 2. The van der Waals surface area contributed by atoms with E-state index >= 15 is 0 Å². The fourth-order valence-corrected chi connectivity index (χ4v) is 4.24. The average molecular weight is 403 g/mol. The first-order valence-corrected chi connectivity index (χ1v) is 9.08. The maximum absolute atomic E-state index is 13.1. The van der Waals surface area contributed by atoms with Crippen LogP contribution in [0.3, 0.4) is 0 Å². The molecule has 1 atom stereocenters. The van der Waals surface area contributed by atoms with E-state index in [0.29, 0.717) is 5.02 Å². The smallest absolute Gasteiger partial charge is 0.279 e. The van der Waals surface area contributed by atoms with Crippen molar-refractivity contribution in [3.63, 3.8) is 0 Å². The monoisotopic (exact) mass is 402 g/mol. The van der Waals surface area contributed by atoms with Crippen molar-refractivity contribution in [1.82, 2.24) is 0 Å². The zero-order valence-electron chi connectivity index (χ0n) is 12.8. The second-order valence-electron chi connectivity index (χ2n) is 4.98. The van der Waals surface area contributed by atoms with E-state index in [1.54, 1.807) is 0 Å². The van der Waals surface area contributed by atoms with Gasteiger partial charge in [0.1, 0.15) is 6.04 Å². The van der Waals surface area contributed by atoms with Crippen molar-refractivity contribution in [3.8, 4) is 0 Å². The van der Waals surface area contributed by atoms with E-state index in [1.165, 1.54) is 43.3 Å². The molecule has 132 valence electrons. The van der Waals surface area contributed by atoms with Gasteiger partial charge in [-0.1, -0.05) is 23.7 Å². The Balaban J connectivity index is 2.70. The van der Waals surface area contributed by atoms with Crippen molar-refractivity contribution >= 4 is 49.8 Å². The summed E-state index contributed by atoms with van der Waals surface area (Å²) in [6, 6.07) is 9.21. The highest BCUT2D eigenvalue weighted by Gasteiger charge is 2.36. The molecule has 10 heteroatoms. The SMILES string of the molecule is CC(C(=O)Cl)N(c1ccc(Cl)cc1)S(=O)(=O)c1ccccc1[N+](=O)[O-]. The van der Waals surface area contributed by atoms with Crippen LogP contribution in [0.25, 0.3) is 0 Å². The van der Waals surface area contributed by atoms with Crippen LogP contribution in [0, 0.1) is 10.1 Å². The third-order valence-electron chi connectivity index (χ3n) is 3.36. The van der Waals surface area contributed by atoms with Gasteiger partial charge in [0.05, 0.1) is 10.6 Å². The predicted molar refractivity (Wildman–Crippen MR) is 94.5 cm³/mol. The van der Waals surface area contributed by atoms with E-state index in [9.17, 15) is 23.3 Å². The van der Waals surface area contributed by atoms with E-state index in [2.05, 4.69) is 0 Å².